The van der Waals surface area contributed by atoms with Crippen molar-refractivity contribution in [3.05, 3.63) is 89.3 Å². The Balaban J connectivity index is 1.24. The molecule has 0 amide bonds. The second kappa shape index (κ2) is 10.5. The molecule has 0 saturated carbocycles. The van der Waals surface area contributed by atoms with E-state index in [1.807, 2.05) is 18.2 Å². The first-order chi connectivity index (χ1) is 18.9. The normalized spacial score (nSPS) is 14.6. The third-order valence-electron chi connectivity index (χ3n) is 6.67. The van der Waals surface area contributed by atoms with Gasteiger partial charge >= 0.3 is 0 Å². The van der Waals surface area contributed by atoms with Crippen molar-refractivity contribution in [2.24, 2.45) is 0 Å². The molecular weight excluding hydrogens is 524 g/mol. The third-order valence-corrected chi connectivity index (χ3v) is 6.88. The van der Waals surface area contributed by atoms with Crippen molar-refractivity contribution >= 4 is 28.6 Å². The van der Waals surface area contributed by atoms with Gasteiger partial charge in [0, 0.05) is 50.4 Å². The number of imidazole rings is 1. The number of likely N-dealkylation sites (tertiary alicyclic amines) is 1. The first-order valence-corrected chi connectivity index (χ1v) is 12.9. The summed E-state index contributed by atoms with van der Waals surface area (Å²) in [4.78, 5) is 19.6. The predicted molar refractivity (Wildman–Crippen MR) is 145 cm³/mol. The van der Waals surface area contributed by atoms with Crippen LogP contribution in [0.5, 0.6) is 5.75 Å². The number of hydrogen-bond acceptors (Lipinski definition) is 7. The summed E-state index contributed by atoms with van der Waals surface area (Å²) in [6.45, 7) is 2.20. The van der Waals surface area contributed by atoms with Gasteiger partial charge in [-0.25, -0.2) is 23.7 Å². The van der Waals surface area contributed by atoms with Gasteiger partial charge in [-0.05, 0) is 48.7 Å². The van der Waals surface area contributed by atoms with E-state index < -0.39 is 11.6 Å². The van der Waals surface area contributed by atoms with Crippen LogP contribution in [0.4, 0.5) is 14.6 Å². The molecule has 0 bridgehead atoms. The molecule has 0 atom stereocenters. The van der Waals surface area contributed by atoms with Crippen LogP contribution in [0, 0.1) is 11.6 Å². The highest BCUT2D eigenvalue weighted by molar-refractivity contribution is 6.31. The number of rotatable bonds is 6. The highest BCUT2D eigenvalue weighted by Gasteiger charge is 2.25. The van der Waals surface area contributed by atoms with Crippen LogP contribution in [0.15, 0.2) is 67.1 Å². The van der Waals surface area contributed by atoms with Crippen LogP contribution in [-0.4, -0.2) is 48.6 Å². The largest absolute Gasteiger partial charge is 0.484 e. The van der Waals surface area contributed by atoms with E-state index in [0.29, 0.717) is 46.4 Å². The SMILES string of the molecule is Nc1cc(CN2CCC(Oc3c(F)cc(-n4c(-c5ccccn5)nc5cc(Cl)cnc54)cc3F)CC2)ccn1. The number of ether oxygens (including phenoxy) is 1. The van der Waals surface area contributed by atoms with E-state index in [0.717, 1.165) is 25.2 Å². The first-order valence-electron chi connectivity index (χ1n) is 12.5. The van der Waals surface area contributed by atoms with Gasteiger partial charge in [0.2, 0.25) is 0 Å². The predicted octanol–water partition coefficient (Wildman–Crippen LogP) is 5.43. The van der Waals surface area contributed by atoms with Crippen LogP contribution in [0.3, 0.4) is 0 Å². The Hall–Kier alpha value is -4.15. The van der Waals surface area contributed by atoms with Gasteiger partial charge in [0.05, 0.1) is 10.7 Å². The number of hydrogen-bond donors (Lipinski definition) is 1. The van der Waals surface area contributed by atoms with E-state index in [1.165, 1.54) is 18.3 Å². The number of aromatic nitrogens is 5. The molecule has 4 aromatic heterocycles. The van der Waals surface area contributed by atoms with E-state index >= 15 is 8.78 Å². The van der Waals surface area contributed by atoms with Crippen molar-refractivity contribution in [1.82, 2.24) is 29.4 Å². The van der Waals surface area contributed by atoms with Gasteiger partial charge in [-0.15, -0.1) is 0 Å². The number of nitrogens with two attached hydrogens (primary N) is 1. The van der Waals surface area contributed by atoms with Gasteiger partial charge in [0.15, 0.2) is 28.9 Å². The fraction of sp³-hybridized carbons (Fsp3) is 0.214. The number of fused-ring (bicyclic) bond motifs is 1. The molecule has 0 radical (unpaired) electrons. The number of halogens is 3. The Morgan fingerprint density at radius 1 is 0.974 bits per heavy atom. The van der Waals surface area contributed by atoms with Crippen LogP contribution in [0.2, 0.25) is 5.02 Å². The van der Waals surface area contributed by atoms with Crippen LogP contribution in [0.1, 0.15) is 18.4 Å². The van der Waals surface area contributed by atoms with Crippen molar-refractivity contribution < 1.29 is 13.5 Å². The second-order valence-electron chi connectivity index (χ2n) is 9.40. The minimum absolute atomic E-state index is 0.210. The summed E-state index contributed by atoms with van der Waals surface area (Å²) in [6.07, 6.45) is 5.75. The van der Waals surface area contributed by atoms with E-state index in [-0.39, 0.29) is 17.5 Å². The maximum atomic E-state index is 15.4. The number of pyridine rings is 3. The summed E-state index contributed by atoms with van der Waals surface area (Å²) < 4.78 is 38.2. The Kier molecular flexibility index (Phi) is 6.80. The maximum Gasteiger partial charge on any atom is 0.191 e. The smallest absolute Gasteiger partial charge is 0.191 e. The lowest BCUT2D eigenvalue weighted by Crippen LogP contribution is -2.38. The number of benzene rings is 1. The second-order valence-corrected chi connectivity index (χ2v) is 9.84. The molecule has 1 aliphatic heterocycles. The minimum atomic E-state index is -0.803. The quantitative estimate of drug-likeness (QED) is 0.303. The molecule has 2 N–H and O–H groups in total. The van der Waals surface area contributed by atoms with E-state index in [4.69, 9.17) is 22.1 Å². The fourth-order valence-corrected chi connectivity index (χ4v) is 4.99. The summed E-state index contributed by atoms with van der Waals surface area (Å²) in [6, 6.07) is 13.2. The van der Waals surface area contributed by atoms with Gasteiger partial charge < -0.3 is 10.5 Å². The van der Waals surface area contributed by atoms with Crippen LogP contribution < -0.4 is 10.5 Å². The number of anilines is 1. The molecule has 1 aromatic carbocycles. The third kappa shape index (κ3) is 5.25. The molecule has 0 aliphatic carbocycles. The van der Waals surface area contributed by atoms with Crippen molar-refractivity contribution in [3.63, 3.8) is 0 Å². The molecular formula is C28H24ClF2N7O. The van der Waals surface area contributed by atoms with Crippen LogP contribution in [-0.2, 0) is 6.54 Å². The van der Waals surface area contributed by atoms with E-state index in [9.17, 15) is 0 Å². The monoisotopic (exact) mass is 547 g/mol. The molecule has 0 unspecified atom stereocenters. The Morgan fingerprint density at radius 2 is 1.77 bits per heavy atom. The topological polar surface area (TPSA) is 95.0 Å². The van der Waals surface area contributed by atoms with Gasteiger partial charge in [0.25, 0.3) is 0 Å². The lowest BCUT2D eigenvalue weighted by atomic mass is 10.1. The molecule has 11 heteroatoms. The van der Waals surface area contributed by atoms with E-state index in [2.05, 4.69) is 24.8 Å². The number of nitrogens with zero attached hydrogens (tertiary/aromatic N) is 6. The lowest BCUT2D eigenvalue weighted by molar-refractivity contribution is 0.0900. The molecule has 5 aromatic rings. The molecule has 39 heavy (non-hydrogen) atoms. The fourth-order valence-electron chi connectivity index (χ4n) is 4.84. The number of piperidine rings is 1. The Bertz CT molecular complexity index is 1620. The average Bonchev–Trinajstić information content (AvgIpc) is 3.31. The first kappa shape index (κ1) is 25.1. The zero-order valence-electron chi connectivity index (χ0n) is 20.8. The Labute approximate surface area is 228 Å². The Morgan fingerprint density at radius 3 is 2.49 bits per heavy atom. The average molecular weight is 548 g/mol. The molecule has 5 heterocycles. The van der Waals surface area contributed by atoms with E-state index in [1.54, 1.807) is 35.2 Å². The minimum Gasteiger partial charge on any atom is -0.484 e. The molecule has 198 valence electrons. The van der Waals surface area contributed by atoms with Gasteiger partial charge in [0.1, 0.15) is 23.1 Å². The zero-order valence-corrected chi connectivity index (χ0v) is 21.5. The van der Waals surface area contributed by atoms with Crippen molar-refractivity contribution in [2.75, 3.05) is 18.8 Å². The summed E-state index contributed by atoms with van der Waals surface area (Å²) >= 11 is 6.12. The standard InChI is InChI=1S/C28H24ClF2N7O/c29-18-12-24-27(35-15-18)38(28(36-24)23-3-1-2-7-33-23)19-13-21(30)26(22(31)14-19)39-20-5-9-37(10-6-20)16-17-4-8-34-25(32)11-17/h1-4,7-8,11-15,20H,5-6,9-10,16H2,(H2,32,34). The molecule has 1 fully saturated rings. The molecule has 8 nitrogen and oxygen atoms in total. The molecule has 1 aliphatic rings. The highest BCUT2D eigenvalue weighted by atomic mass is 35.5. The van der Waals surface area contributed by atoms with Crippen LogP contribution >= 0.6 is 11.6 Å². The summed E-state index contributed by atoms with van der Waals surface area (Å²) in [5.74, 6) is -1.13. The highest BCUT2D eigenvalue weighted by Crippen LogP contribution is 2.33. The zero-order chi connectivity index (χ0) is 26.9. The lowest BCUT2D eigenvalue weighted by Gasteiger charge is -2.32. The number of nitrogen functional groups attached to an aromatic ring is 1. The summed E-state index contributed by atoms with van der Waals surface area (Å²) in [5, 5.41) is 0.400. The van der Waals surface area contributed by atoms with Crippen molar-refractivity contribution in [1.29, 1.82) is 0 Å². The molecule has 0 spiro atoms. The molecule has 6 rings (SSSR count). The van der Waals surface area contributed by atoms with Crippen LogP contribution in [0.25, 0.3) is 28.4 Å². The van der Waals surface area contributed by atoms with Gasteiger partial charge in [-0.1, -0.05) is 17.7 Å². The van der Waals surface area contributed by atoms with Crippen molar-refractivity contribution in [2.45, 2.75) is 25.5 Å². The van der Waals surface area contributed by atoms with Crippen molar-refractivity contribution in [3.8, 4) is 23.0 Å². The maximum absolute atomic E-state index is 15.4. The van der Waals surface area contributed by atoms with Gasteiger partial charge in [-0.3, -0.25) is 14.5 Å². The van der Waals surface area contributed by atoms with Gasteiger partial charge in [-0.2, -0.15) is 0 Å². The molecule has 1 saturated heterocycles. The summed E-state index contributed by atoms with van der Waals surface area (Å²) in [7, 11) is 0. The summed E-state index contributed by atoms with van der Waals surface area (Å²) in [5.41, 5.74) is 8.46.